The average Bonchev–Trinajstić information content (AvgIpc) is 2.82. The second-order valence-corrected chi connectivity index (χ2v) is 11.1. The van der Waals surface area contributed by atoms with Crippen LogP contribution in [0, 0.1) is 17.2 Å². The molecule has 1 unspecified atom stereocenters. The molecule has 0 amide bonds. The second-order valence-electron chi connectivity index (χ2n) is 11.1. The normalized spacial score (nSPS) is 12.2. The molecular formula is C32H63N. The summed E-state index contributed by atoms with van der Waals surface area (Å²) < 4.78 is 0. The highest BCUT2D eigenvalue weighted by atomic mass is 14.2. The summed E-state index contributed by atoms with van der Waals surface area (Å²) in [5, 5.41) is 8.52. The third-order valence-electron chi connectivity index (χ3n) is 7.54. The predicted molar refractivity (Wildman–Crippen MR) is 150 cm³/mol. The highest BCUT2D eigenvalue weighted by Crippen LogP contribution is 2.19. The van der Waals surface area contributed by atoms with Crippen LogP contribution in [0.3, 0.4) is 0 Å². The first-order valence-corrected chi connectivity index (χ1v) is 15.7. The van der Waals surface area contributed by atoms with Crippen LogP contribution in [-0.2, 0) is 0 Å². The molecule has 0 spiro atoms. The highest BCUT2D eigenvalue weighted by Gasteiger charge is 2.02. The summed E-state index contributed by atoms with van der Waals surface area (Å²) in [5.41, 5.74) is 0. The van der Waals surface area contributed by atoms with Crippen LogP contribution >= 0.6 is 0 Å². The van der Waals surface area contributed by atoms with Crippen LogP contribution in [0.15, 0.2) is 0 Å². The Morgan fingerprint density at radius 1 is 0.424 bits per heavy atom. The molecule has 1 nitrogen and oxygen atoms in total. The number of nitriles is 1. The van der Waals surface area contributed by atoms with E-state index in [0.29, 0.717) is 0 Å². The monoisotopic (exact) mass is 461 g/mol. The van der Waals surface area contributed by atoms with Gasteiger partial charge in [0, 0.05) is 6.42 Å². The molecule has 0 aromatic rings. The van der Waals surface area contributed by atoms with Crippen molar-refractivity contribution in [3.63, 3.8) is 0 Å². The molecule has 33 heavy (non-hydrogen) atoms. The quantitative estimate of drug-likeness (QED) is 0.106. The Hall–Kier alpha value is -0.510. The van der Waals surface area contributed by atoms with Crippen LogP contribution in [0.4, 0.5) is 0 Å². The summed E-state index contributed by atoms with van der Waals surface area (Å²) in [6.07, 6.45) is 39.3. The van der Waals surface area contributed by atoms with Crippen LogP contribution in [-0.4, -0.2) is 0 Å². The summed E-state index contributed by atoms with van der Waals surface area (Å²) in [7, 11) is 0. The lowest BCUT2D eigenvalue weighted by Crippen LogP contribution is -1.95. The molecule has 196 valence electrons. The Morgan fingerprint density at radius 3 is 1.00 bits per heavy atom. The van der Waals surface area contributed by atoms with Gasteiger partial charge in [-0.15, -0.1) is 0 Å². The number of nitrogens with zero attached hydrogens (tertiary/aromatic N) is 1. The Kier molecular flexibility index (Phi) is 29.1. The van der Waals surface area contributed by atoms with Crippen molar-refractivity contribution in [1.29, 1.82) is 5.26 Å². The van der Waals surface area contributed by atoms with E-state index < -0.39 is 0 Å². The Labute approximate surface area is 210 Å². The maximum Gasteiger partial charge on any atom is 0.0621 e. The average molecular weight is 462 g/mol. The number of rotatable bonds is 28. The topological polar surface area (TPSA) is 23.8 Å². The van der Waals surface area contributed by atoms with E-state index in [0.717, 1.165) is 18.8 Å². The Morgan fingerprint density at radius 2 is 0.697 bits per heavy atom. The maximum absolute atomic E-state index is 8.52. The minimum Gasteiger partial charge on any atom is -0.198 e. The van der Waals surface area contributed by atoms with E-state index in [9.17, 15) is 0 Å². The van der Waals surface area contributed by atoms with Crippen molar-refractivity contribution in [2.75, 3.05) is 0 Å². The Balaban J connectivity index is 3.09. The molecule has 0 N–H and O–H groups in total. The first-order chi connectivity index (χ1) is 16.3. The summed E-state index contributed by atoms with van der Waals surface area (Å²) in [6, 6.07) is 2.24. The largest absolute Gasteiger partial charge is 0.198 e. The fraction of sp³-hybridized carbons (Fsp3) is 0.969. The maximum atomic E-state index is 8.52. The highest BCUT2D eigenvalue weighted by molar-refractivity contribution is 4.67. The van der Waals surface area contributed by atoms with E-state index in [2.05, 4.69) is 19.9 Å². The van der Waals surface area contributed by atoms with Crippen molar-refractivity contribution in [2.45, 2.75) is 194 Å². The minimum absolute atomic E-state index is 0.749. The van der Waals surface area contributed by atoms with E-state index in [1.165, 1.54) is 167 Å². The van der Waals surface area contributed by atoms with Gasteiger partial charge in [0.2, 0.25) is 0 Å². The van der Waals surface area contributed by atoms with Gasteiger partial charge >= 0.3 is 0 Å². The lowest BCUT2D eigenvalue weighted by atomic mass is 9.96. The Bertz CT molecular complexity index is 382. The molecule has 0 saturated carbocycles. The molecule has 0 bridgehead atoms. The molecular weight excluding hydrogens is 398 g/mol. The van der Waals surface area contributed by atoms with Crippen LogP contribution in [0.1, 0.15) is 194 Å². The number of hydrogen-bond donors (Lipinski definition) is 0. The van der Waals surface area contributed by atoms with Crippen LogP contribution in [0.25, 0.3) is 0 Å². The van der Waals surface area contributed by atoms with E-state index >= 15 is 0 Å². The van der Waals surface area contributed by atoms with Crippen molar-refractivity contribution in [1.82, 2.24) is 0 Å². The van der Waals surface area contributed by atoms with Gasteiger partial charge in [-0.1, -0.05) is 181 Å². The summed E-state index contributed by atoms with van der Waals surface area (Å²) >= 11 is 0. The van der Waals surface area contributed by atoms with Crippen molar-refractivity contribution in [3.8, 4) is 6.07 Å². The van der Waals surface area contributed by atoms with Gasteiger partial charge in [0.1, 0.15) is 0 Å². The number of unbranched alkanes of at least 4 members (excludes halogenated alkanes) is 24. The van der Waals surface area contributed by atoms with Crippen LogP contribution in [0.2, 0.25) is 0 Å². The molecule has 0 aliphatic rings. The molecule has 0 saturated heterocycles. The molecule has 1 heteroatoms. The smallest absolute Gasteiger partial charge is 0.0621 e. The van der Waals surface area contributed by atoms with Crippen molar-refractivity contribution < 1.29 is 0 Å². The molecule has 0 rings (SSSR count). The molecule has 0 fully saturated rings. The van der Waals surface area contributed by atoms with Gasteiger partial charge in [0.25, 0.3) is 0 Å². The third-order valence-corrected chi connectivity index (χ3v) is 7.54. The van der Waals surface area contributed by atoms with Gasteiger partial charge < -0.3 is 0 Å². The van der Waals surface area contributed by atoms with E-state index in [4.69, 9.17) is 5.26 Å². The first kappa shape index (κ1) is 32.5. The standard InChI is InChI=1S/C32H63N/c1-3-4-5-6-23-26-29-32(2)30-27-24-21-19-17-15-13-11-9-7-8-10-12-14-16-18-20-22-25-28-31-33/h32H,3-30H2,1-2H3. The fourth-order valence-corrected chi connectivity index (χ4v) is 5.12. The van der Waals surface area contributed by atoms with Gasteiger partial charge in [0.15, 0.2) is 0 Å². The molecule has 0 aliphatic heterocycles. The second kappa shape index (κ2) is 29.5. The molecule has 0 aliphatic carbocycles. The van der Waals surface area contributed by atoms with Gasteiger partial charge in [-0.3, -0.25) is 0 Å². The zero-order valence-electron chi connectivity index (χ0n) is 23.3. The molecule has 0 aromatic heterocycles. The van der Waals surface area contributed by atoms with Crippen LogP contribution < -0.4 is 0 Å². The predicted octanol–water partition coefficient (Wildman–Crippen LogP) is 12.1. The molecule has 0 aromatic carbocycles. The van der Waals surface area contributed by atoms with Gasteiger partial charge in [-0.05, 0) is 12.3 Å². The van der Waals surface area contributed by atoms with Crippen molar-refractivity contribution >= 4 is 0 Å². The molecule has 0 heterocycles. The summed E-state index contributed by atoms with van der Waals surface area (Å²) in [4.78, 5) is 0. The first-order valence-electron chi connectivity index (χ1n) is 15.7. The lowest BCUT2D eigenvalue weighted by Gasteiger charge is -2.11. The number of hydrogen-bond acceptors (Lipinski definition) is 1. The summed E-state index contributed by atoms with van der Waals surface area (Å²) in [6.45, 7) is 4.78. The van der Waals surface area contributed by atoms with E-state index in [1.807, 2.05) is 0 Å². The molecule has 0 radical (unpaired) electrons. The van der Waals surface area contributed by atoms with Crippen molar-refractivity contribution in [3.05, 3.63) is 0 Å². The SMILES string of the molecule is CCCCCCCCC(C)CCCCCCCCCCCCCCCCCCCCCC#N. The zero-order chi connectivity index (χ0) is 24.1. The third kappa shape index (κ3) is 29.5. The zero-order valence-corrected chi connectivity index (χ0v) is 23.3. The summed E-state index contributed by atoms with van der Waals surface area (Å²) in [5.74, 6) is 0.960. The molecule has 1 atom stereocenters. The van der Waals surface area contributed by atoms with Gasteiger partial charge in [0.05, 0.1) is 6.07 Å². The lowest BCUT2D eigenvalue weighted by molar-refractivity contribution is 0.430. The van der Waals surface area contributed by atoms with Crippen LogP contribution in [0.5, 0.6) is 0 Å². The van der Waals surface area contributed by atoms with Gasteiger partial charge in [-0.25, -0.2) is 0 Å². The van der Waals surface area contributed by atoms with E-state index in [1.54, 1.807) is 0 Å². The van der Waals surface area contributed by atoms with Crippen molar-refractivity contribution in [2.24, 2.45) is 5.92 Å². The van der Waals surface area contributed by atoms with Gasteiger partial charge in [-0.2, -0.15) is 5.26 Å². The minimum atomic E-state index is 0.749. The fourth-order valence-electron chi connectivity index (χ4n) is 5.12. The van der Waals surface area contributed by atoms with E-state index in [-0.39, 0.29) is 0 Å².